The molecule has 2 atom stereocenters. The third-order valence-electron chi connectivity index (χ3n) is 3.68. The summed E-state index contributed by atoms with van der Waals surface area (Å²) >= 11 is 0. The molecule has 1 rings (SSSR count). The number of hydrogen-bond acceptors (Lipinski definition) is 1. The monoisotopic (exact) mass is 197 g/mol. The van der Waals surface area contributed by atoms with Gasteiger partial charge in [0.1, 0.15) is 0 Å². The van der Waals surface area contributed by atoms with E-state index < -0.39 is 0 Å². The zero-order chi connectivity index (χ0) is 10.4. The molecule has 0 saturated heterocycles. The number of hydrogen-bond donors (Lipinski definition) is 1. The normalized spacial score (nSPS) is 20.8. The number of rotatable bonds is 8. The van der Waals surface area contributed by atoms with E-state index in [-0.39, 0.29) is 0 Å². The largest absolute Gasteiger partial charge is 0.317 e. The quantitative estimate of drug-likeness (QED) is 0.627. The zero-order valence-electron chi connectivity index (χ0n) is 10.2. The zero-order valence-corrected chi connectivity index (χ0v) is 10.2. The maximum Gasteiger partial charge on any atom is 0.00948 e. The molecule has 0 aliphatic heterocycles. The van der Waals surface area contributed by atoms with Crippen molar-refractivity contribution in [1.29, 1.82) is 0 Å². The maximum absolute atomic E-state index is 3.53. The van der Waals surface area contributed by atoms with Crippen molar-refractivity contribution in [2.24, 2.45) is 11.8 Å². The van der Waals surface area contributed by atoms with E-state index in [9.17, 15) is 0 Å². The molecule has 1 aliphatic rings. The smallest absolute Gasteiger partial charge is 0.00948 e. The van der Waals surface area contributed by atoms with Crippen molar-refractivity contribution < 1.29 is 0 Å². The summed E-state index contributed by atoms with van der Waals surface area (Å²) < 4.78 is 0. The fraction of sp³-hybridized carbons (Fsp3) is 1.00. The van der Waals surface area contributed by atoms with Crippen LogP contribution in [-0.4, -0.2) is 13.1 Å². The predicted octanol–water partition coefficient (Wildman–Crippen LogP) is 3.59. The van der Waals surface area contributed by atoms with Crippen LogP contribution in [0.2, 0.25) is 0 Å². The summed E-state index contributed by atoms with van der Waals surface area (Å²) in [6.45, 7) is 4.64. The van der Waals surface area contributed by atoms with Crippen LogP contribution in [0.1, 0.15) is 58.8 Å². The Labute approximate surface area is 89.7 Å². The van der Waals surface area contributed by atoms with Crippen molar-refractivity contribution in [3.8, 4) is 0 Å². The van der Waals surface area contributed by atoms with E-state index in [4.69, 9.17) is 0 Å². The van der Waals surface area contributed by atoms with E-state index in [1.54, 1.807) is 0 Å². The SMILES string of the molecule is CCCCC(CC)C(CC1CC1)NC. The summed E-state index contributed by atoms with van der Waals surface area (Å²) in [5.74, 6) is 1.98. The lowest BCUT2D eigenvalue weighted by atomic mass is 9.88. The second-order valence-electron chi connectivity index (χ2n) is 4.88. The highest BCUT2D eigenvalue weighted by atomic mass is 14.9. The molecule has 1 heteroatoms. The molecule has 2 unspecified atom stereocenters. The molecule has 1 saturated carbocycles. The molecule has 1 aliphatic carbocycles. The van der Waals surface area contributed by atoms with E-state index in [0.717, 1.165) is 17.9 Å². The van der Waals surface area contributed by atoms with Crippen LogP contribution in [0, 0.1) is 11.8 Å². The van der Waals surface area contributed by atoms with Crippen molar-refractivity contribution >= 4 is 0 Å². The highest BCUT2D eigenvalue weighted by Gasteiger charge is 2.28. The average molecular weight is 197 g/mol. The second-order valence-corrected chi connectivity index (χ2v) is 4.88. The van der Waals surface area contributed by atoms with Gasteiger partial charge in [-0.1, -0.05) is 46.0 Å². The lowest BCUT2D eigenvalue weighted by Gasteiger charge is -2.26. The van der Waals surface area contributed by atoms with Crippen molar-refractivity contribution in [3.05, 3.63) is 0 Å². The average Bonchev–Trinajstić information content (AvgIpc) is 3.00. The molecule has 0 aromatic rings. The highest BCUT2D eigenvalue weighted by Crippen LogP contribution is 2.36. The van der Waals surface area contributed by atoms with E-state index in [1.807, 2.05) is 0 Å². The molecular weight excluding hydrogens is 170 g/mol. The molecule has 0 heterocycles. The van der Waals surface area contributed by atoms with E-state index in [0.29, 0.717) is 0 Å². The summed E-state index contributed by atoms with van der Waals surface area (Å²) in [5.41, 5.74) is 0. The van der Waals surface area contributed by atoms with Crippen LogP contribution in [0.4, 0.5) is 0 Å². The van der Waals surface area contributed by atoms with Gasteiger partial charge >= 0.3 is 0 Å². The van der Waals surface area contributed by atoms with Crippen LogP contribution >= 0.6 is 0 Å². The number of unbranched alkanes of at least 4 members (excludes halogenated alkanes) is 1. The third kappa shape index (κ3) is 4.00. The molecule has 0 aromatic heterocycles. The van der Waals surface area contributed by atoms with Crippen molar-refractivity contribution in [3.63, 3.8) is 0 Å². The Balaban J connectivity index is 2.28. The minimum absolute atomic E-state index is 0.791. The molecule has 0 bridgehead atoms. The summed E-state index contributed by atoms with van der Waals surface area (Å²) in [4.78, 5) is 0. The first-order valence-corrected chi connectivity index (χ1v) is 6.49. The first-order chi connectivity index (χ1) is 6.81. The van der Waals surface area contributed by atoms with Gasteiger partial charge in [-0.25, -0.2) is 0 Å². The Hall–Kier alpha value is -0.0400. The Morgan fingerprint density at radius 3 is 2.43 bits per heavy atom. The van der Waals surface area contributed by atoms with Gasteiger partial charge in [0.15, 0.2) is 0 Å². The second kappa shape index (κ2) is 6.44. The molecule has 0 spiro atoms. The lowest BCUT2D eigenvalue weighted by molar-refractivity contribution is 0.307. The molecule has 1 fully saturated rings. The predicted molar refractivity (Wildman–Crippen MR) is 63.5 cm³/mol. The van der Waals surface area contributed by atoms with Gasteiger partial charge in [-0.3, -0.25) is 0 Å². The van der Waals surface area contributed by atoms with Crippen LogP contribution in [0.25, 0.3) is 0 Å². The molecule has 0 radical (unpaired) electrons. The van der Waals surface area contributed by atoms with Gasteiger partial charge in [0.05, 0.1) is 0 Å². The van der Waals surface area contributed by atoms with Crippen molar-refractivity contribution in [2.45, 2.75) is 64.8 Å². The molecule has 0 amide bonds. The lowest BCUT2D eigenvalue weighted by Crippen LogP contribution is -2.33. The molecule has 1 nitrogen and oxygen atoms in total. The maximum atomic E-state index is 3.53. The minimum Gasteiger partial charge on any atom is -0.317 e. The van der Waals surface area contributed by atoms with E-state index in [2.05, 4.69) is 26.2 Å². The Kier molecular flexibility index (Phi) is 5.54. The van der Waals surface area contributed by atoms with Gasteiger partial charge in [0, 0.05) is 6.04 Å². The van der Waals surface area contributed by atoms with Crippen LogP contribution in [0.3, 0.4) is 0 Å². The van der Waals surface area contributed by atoms with Crippen LogP contribution in [0.15, 0.2) is 0 Å². The Morgan fingerprint density at radius 1 is 1.29 bits per heavy atom. The van der Waals surface area contributed by atoms with Gasteiger partial charge in [-0.15, -0.1) is 0 Å². The fourth-order valence-electron chi connectivity index (χ4n) is 2.41. The Bertz CT molecular complexity index is 140. The standard InChI is InChI=1S/C13H27N/c1-4-6-7-12(5-2)13(14-3)10-11-8-9-11/h11-14H,4-10H2,1-3H3. The molecular formula is C13H27N. The van der Waals surface area contributed by atoms with Gasteiger partial charge in [-0.2, -0.15) is 0 Å². The molecule has 84 valence electrons. The third-order valence-corrected chi connectivity index (χ3v) is 3.68. The first-order valence-electron chi connectivity index (χ1n) is 6.49. The van der Waals surface area contributed by atoms with Gasteiger partial charge in [-0.05, 0) is 31.7 Å². The summed E-state index contributed by atoms with van der Waals surface area (Å²) in [6.07, 6.45) is 9.92. The van der Waals surface area contributed by atoms with Crippen LogP contribution < -0.4 is 5.32 Å². The molecule has 14 heavy (non-hydrogen) atoms. The summed E-state index contributed by atoms with van der Waals surface area (Å²) in [5, 5.41) is 3.53. The summed E-state index contributed by atoms with van der Waals surface area (Å²) in [6, 6.07) is 0.791. The van der Waals surface area contributed by atoms with E-state index in [1.165, 1.54) is 44.9 Å². The van der Waals surface area contributed by atoms with Gasteiger partial charge in [0.25, 0.3) is 0 Å². The van der Waals surface area contributed by atoms with Crippen LogP contribution in [-0.2, 0) is 0 Å². The summed E-state index contributed by atoms with van der Waals surface area (Å²) in [7, 11) is 2.14. The van der Waals surface area contributed by atoms with Crippen molar-refractivity contribution in [1.82, 2.24) is 5.32 Å². The molecule has 1 N–H and O–H groups in total. The van der Waals surface area contributed by atoms with Crippen LogP contribution in [0.5, 0.6) is 0 Å². The minimum atomic E-state index is 0.791. The molecule has 0 aromatic carbocycles. The van der Waals surface area contributed by atoms with E-state index >= 15 is 0 Å². The Morgan fingerprint density at radius 2 is 2.00 bits per heavy atom. The fourth-order valence-corrected chi connectivity index (χ4v) is 2.41. The van der Waals surface area contributed by atoms with Gasteiger partial charge < -0.3 is 5.32 Å². The highest BCUT2D eigenvalue weighted by molar-refractivity contribution is 4.83. The van der Waals surface area contributed by atoms with Gasteiger partial charge in [0.2, 0.25) is 0 Å². The topological polar surface area (TPSA) is 12.0 Å². The van der Waals surface area contributed by atoms with Crippen molar-refractivity contribution in [2.75, 3.05) is 7.05 Å². The first kappa shape index (κ1) is 12.0. The number of nitrogens with one attached hydrogen (secondary N) is 1.